The van der Waals surface area contributed by atoms with E-state index < -0.39 is 0 Å². The Morgan fingerprint density at radius 2 is 1.93 bits per heavy atom. The Kier molecular flexibility index (Phi) is 7.05. The molecule has 2 saturated heterocycles. The molecule has 4 aliphatic rings. The number of rotatable bonds is 8. The van der Waals surface area contributed by atoms with E-state index in [1.54, 1.807) is 7.11 Å². The number of aromatic nitrogens is 2. The van der Waals surface area contributed by atoms with Gasteiger partial charge in [-0.05, 0) is 56.6 Å². The average molecular weight is 554 g/mol. The van der Waals surface area contributed by atoms with E-state index in [9.17, 15) is 5.26 Å². The van der Waals surface area contributed by atoms with Crippen LogP contribution in [0.5, 0.6) is 11.8 Å². The van der Waals surface area contributed by atoms with Crippen molar-refractivity contribution in [3.05, 3.63) is 47.7 Å². The van der Waals surface area contributed by atoms with Crippen LogP contribution in [0, 0.1) is 11.3 Å². The zero-order chi connectivity index (χ0) is 27.8. The maximum Gasteiger partial charge on any atom is 0.318 e. The van der Waals surface area contributed by atoms with Gasteiger partial charge in [0.25, 0.3) is 0 Å². The smallest absolute Gasteiger partial charge is 0.318 e. The third-order valence-corrected chi connectivity index (χ3v) is 9.38. The van der Waals surface area contributed by atoms with Gasteiger partial charge in [0.1, 0.15) is 18.2 Å². The summed E-state index contributed by atoms with van der Waals surface area (Å²) < 4.78 is 12.1. The van der Waals surface area contributed by atoms with Crippen LogP contribution in [-0.4, -0.2) is 79.4 Å². The number of anilines is 2. The normalized spacial score (nSPS) is 21.9. The van der Waals surface area contributed by atoms with Crippen LogP contribution in [0.1, 0.15) is 43.4 Å². The molecule has 41 heavy (non-hydrogen) atoms. The van der Waals surface area contributed by atoms with Gasteiger partial charge in [0, 0.05) is 54.9 Å². The highest BCUT2D eigenvalue weighted by Crippen LogP contribution is 2.44. The van der Waals surface area contributed by atoms with Crippen LogP contribution in [0.3, 0.4) is 0 Å². The monoisotopic (exact) mass is 553 g/mol. The standard InChI is InChI=1S/C32H39N7O2/c1-40-25-18-23-6-2-3-7-26(23)29(19-25)37-16-9-27-28(21-37)35-31(41-22-32(10-11-32)39-14-4-5-15-39)36-30(27)38-17-13-34-24(20-38)8-12-33/h2-3,6-7,18-19,24,34H,4-5,8-11,13-17,20-22H2,1H3/t24-/m0/s1. The van der Waals surface area contributed by atoms with E-state index in [0.29, 0.717) is 25.6 Å². The van der Waals surface area contributed by atoms with Crippen molar-refractivity contribution in [3.8, 4) is 17.8 Å². The topological polar surface area (TPSA) is 89.8 Å². The van der Waals surface area contributed by atoms with Gasteiger partial charge in [-0.1, -0.05) is 24.3 Å². The molecule has 0 spiro atoms. The van der Waals surface area contributed by atoms with Gasteiger partial charge in [-0.15, -0.1) is 0 Å². The summed E-state index contributed by atoms with van der Waals surface area (Å²) >= 11 is 0. The molecule has 9 heteroatoms. The van der Waals surface area contributed by atoms with Crippen molar-refractivity contribution < 1.29 is 9.47 Å². The average Bonchev–Trinajstić information content (AvgIpc) is 3.60. The number of nitrogens with zero attached hydrogens (tertiary/aromatic N) is 6. The molecule has 0 radical (unpaired) electrons. The first kappa shape index (κ1) is 26.3. The van der Waals surface area contributed by atoms with E-state index in [-0.39, 0.29) is 11.6 Å². The molecule has 4 heterocycles. The molecule has 1 aliphatic carbocycles. The maximum atomic E-state index is 9.33. The molecular weight excluding hydrogens is 514 g/mol. The second-order valence-corrected chi connectivity index (χ2v) is 12.0. The Morgan fingerprint density at radius 1 is 1.07 bits per heavy atom. The van der Waals surface area contributed by atoms with Crippen molar-refractivity contribution in [2.75, 3.05) is 62.8 Å². The summed E-state index contributed by atoms with van der Waals surface area (Å²) in [6, 6.07) is 15.7. The fourth-order valence-corrected chi connectivity index (χ4v) is 6.91. The minimum absolute atomic E-state index is 0.136. The van der Waals surface area contributed by atoms with Gasteiger partial charge in [-0.3, -0.25) is 4.90 Å². The molecule has 3 aromatic rings. The number of piperazine rings is 1. The number of fused-ring (bicyclic) bond motifs is 2. The van der Waals surface area contributed by atoms with Crippen LogP contribution in [0.25, 0.3) is 10.8 Å². The highest BCUT2D eigenvalue weighted by molar-refractivity contribution is 5.95. The van der Waals surface area contributed by atoms with Gasteiger partial charge in [0.05, 0.1) is 37.4 Å². The van der Waals surface area contributed by atoms with Crippen LogP contribution in [-0.2, 0) is 13.0 Å². The van der Waals surface area contributed by atoms with Crippen LogP contribution < -0.4 is 24.6 Å². The Bertz CT molecular complexity index is 1460. The number of ether oxygens (including phenoxy) is 2. The third kappa shape index (κ3) is 5.15. The molecule has 214 valence electrons. The minimum Gasteiger partial charge on any atom is -0.497 e. The predicted molar refractivity (Wildman–Crippen MR) is 160 cm³/mol. The fourth-order valence-electron chi connectivity index (χ4n) is 6.91. The van der Waals surface area contributed by atoms with E-state index in [2.05, 4.69) is 62.5 Å². The van der Waals surface area contributed by atoms with Gasteiger partial charge in [-0.2, -0.15) is 15.2 Å². The molecule has 2 aromatic carbocycles. The van der Waals surface area contributed by atoms with E-state index in [4.69, 9.17) is 19.4 Å². The van der Waals surface area contributed by atoms with E-state index in [1.807, 2.05) is 0 Å². The number of hydrogen-bond acceptors (Lipinski definition) is 9. The Balaban J connectivity index is 1.22. The zero-order valence-corrected chi connectivity index (χ0v) is 23.9. The van der Waals surface area contributed by atoms with Gasteiger partial charge in [0.2, 0.25) is 0 Å². The quantitative estimate of drug-likeness (QED) is 0.446. The highest BCUT2D eigenvalue weighted by Gasteiger charge is 2.49. The second-order valence-electron chi connectivity index (χ2n) is 12.0. The maximum absolute atomic E-state index is 9.33. The molecule has 1 N–H and O–H groups in total. The number of benzene rings is 2. The Morgan fingerprint density at radius 3 is 2.73 bits per heavy atom. The van der Waals surface area contributed by atoms with Gasteiger partial charge in [-0.25, -0.2) is 0 Å². The lowest BCUT2D eigenvalue weighted by Crippen LogP contribution is -2.51. The third-order valence-electron chi connectivity index (χ3n) is 9.38. The first-order valence-electron chi connectivity index (χ1n) is 15.1. The number of nitrogens with one attached hydrogen (secondary N) is 1. The molecule has 1 aromatic heterocycles. The summed E-state index contributed by atoms with van der Waals surface area (Å²) in [5.74, 6) is 1.84. The summed E-state index contributed by atoms with van der Waals surface area (Å²) in [7, 11) is 1.73. The lowest BCUT2D eigenvalue weighted by Gasteiger charge is -2.37. The van der Waals surface area contributed by atoms with E-state index >= 15 is 0 Å². The van der Waals surface area contributed by atoms with Gasteiger partial charge in [0.15, 0.2) is 0 Å². The summed E-state index contributed by atoms with van der Waals surface area (Å²) in [5.41, 5.74) is 3.56. The van der Waals surface area contributed by atoms with Crippen molar-refractivity contribution in [1.82, 2.24) is 20.2 Å². The summed E-state index contributed by atoms with van der Waals surface area (Å²) in [4.78, 5) is 17.5. The number of hydrogen-bond donors (Lipinski definition) is 1. The molecule has 0 amide bonds. The number of likely N-dealkylation sites (tertiary alicyclic amines) is 1. The fraction of sp³-hybridized carbons (Fsp3) is 0.531. The molecule has 0 unspecified atom stereocenters. The minimum atomic E-state index is 0.136. The number of nitriles is 1. The molecule has 0 bridgehead atoms. The van der Waals surface area contributed by atoms with Crippen LogP contribution in [0.2, 0.25) is 0 Å². The highest BCUT2D eigenvalue weighted by atomic mass is 16.5. The molecular formula is C32H39N7O2. The lowest BCUT2D eigenvalue weighted by molar-refractivity contribution is 0.134. The summed E-state index contributed by atoms with van der Waals surface area (Å²) in [6.07, 6.45) is 6.28. The van der Waals surface area contributed by atoms with Crippen molar-refractivity contribution in [1.29, 1.82) is 5.26 Å². The second kappa shape index (κ2) is 11.0. The number of methoxy groups -OCH3 is 1. The first-order chi connectivity index (χ1) is 20.2. The van der Waals surface area contributed by atoms with Crippen molar-refractivity contribution in [3.63, 3.8) is 0 Å². The van der Waals surface area contributed by atoms with Gasteiger partial charge >= 0.3 is 6.01 Å². The summed E-state index contributed by atoms with van der Waals surface area (Å²) in [6.45, 7) is 6.99. The SMILES string of the molecule is COc1cc(N2CCc3c(nc(OCC4(N5CCCC5)CC4)nc3N3CCN[C@@H](CC#N)C3)C2)c2ccccc2c1. The Labute approximate surface area is 242 Å². The van der Waals surface area contributed by atoms with E-state index in [1.165, 1.54) is 55.1 Å². The molecule has 1 saturated carbocycles. The van der Waals surface area contributed by atoms with Crippen LogP contribution >= 0.6 is 0 Å². The molecule has 3 fully saturated rings. The van der Waals surface area contributed by atoms with Crippen molar-refractivity contribution in [2.24, 2.45) is 0 Å². The zero-order valence-electron chi connectivity index (χ0n) is 23.9. The van der Waals surface area contributed by atoms with Crippen molar-refractivity contribution >= 4 is 22.3 Å². The Hall–Kier alpha value is -3.61. The molecule has 7 rings (SSSR count). The summed E-state index contributed by atoms with van der Waals surface area (Å²) in [5, 5.41) is 15.2. The predicted octanol–water partition coefficient (Wildman–Crippen LogP) is 3.90. The van der Waals surface area contributed by atoms with Crippen LogP contribution in [0.4, 0.5) is 11.5 Å². The molecule has 3 aliphatic heterocycles. The first-order valence-corrected chi connectivity index (χ1v) is 15.1. The van der Waals surface area contributed by atoms with Crippen LogP contribution in [0.15, 0.2) is 36.4 Å². The largest absolute Gasteiger partial charge is 0.497 e. The van der Waals surface area contributed by atoms with Crippen molar-refractivity contribution in [2.45, 2.75) is 56.7 Å². The van der Waals surface area contributed by atoms with Gasteiger partial charge < -0.3 is 24.6 Å². The molecule has 9 nitrogen and oxygen atoms in total. The molecule has 1 atom stereocenters. The van der Waals surface area contributed by atoms with E-state index in [0.717, 1.165) is 55.5 Å². The lowest BCUT2D eigenvalue weighted by atomic mass is 10.0.